The molecule has 0 heterocycles. The number of unbranched alkanes of at least 4 members (excludes halogenated alkanes) is 2. The highest BCUT2D eigenvalue weighted by atomic mass is 16.5. The summed E-state index contributed by atoms with van der Waals surface area (Å²) in [6, 6.07) is 4.15. The third-order valence-electron chi connectivity index (χ3n) is 4.24. The van der Waals surface area contributed by atoms with E-state index >= 15 is 0 Å². The quantitative estimate of drug-likeness (QED) is 0.647. The molecule has 1 rings (SSSR count). The summed E-state index contributed by atoms with van der Waals surface area (Å²) >= 11 is 0. The number of rotatable bonds is 9. The van der Waals surface area contributed by atoms with Crippen molar-refractivity contribution in [3.05, 3.63) is 28.8 Å². The summed E-state index contributed by atoms with van der Waals surface area (Å²) in [7, 11) is 0. The minimum atomic E-state index is -0.874. The number of phenolic OH excluding ortho intramolecular Hbond substituents is 1. The average molecular weight is 336 g/mol. The predicted molar refractivity (Wildman–Crippen MR) is 96.8 cm³/mol. The number of hydrogen-bond donors (Lipinski definition) is 2. The molecule has 2 N–H and O–H groups in total. The van der Waals surface area contributed by atoms with Crippen LogP contribution in [0, 0.1) is 6.92 Å². The fourth-order valence-electron chi connectivity index (χ4n) is 2.89. The lowest BCUT2D eigenvalue weighted by Crippen LogP contribution is -2.23. The summed E-state index contributed by atoms with van der Waals surface area (Å²) < 4.78 is 5.22. The van der Waals surface area contributed by atoms with Crippen molar-refractivity contribution in [1.29, 1.82) is 0 Å². The summed E-state index contributed by atoms with van der Waals surface area (Å²) in [5.41, 5.74) is 3.05. The highest BCUT2D eigenvalue weighted by molar-refractivity contribution is 5.72. The number of aliphatic carboxylic acids is 1. The van der Waals surface area contributed by atoms with E-state index in [4.69, 9.17) is 9.84 Å². The number of carboxylic acid groups (broad SMARTS) is 1. The highest BCUT2D eigenvalue weighted by Crippen LogP contribution is 2.34. The van der Waals surface area contributed by atoms with Crippen LogP contribution in [0.3, 0.4) is 0 Å². The zero-order chi connectivity index (χ0) is 18.3. The molecule has 0 aromatic heterocycles. The van der Waals surface area contributed by atoms with Crippen LogP contribution in [0.2, 0.25) is 0 Å². The zero-order valence-electron chi connectivity index (χ0n) is 15.7. The average Bonchev–Trinajstić information content (AvgIpc) is 2.47. The van der Waals surface area contributed by atoms with E-state index in [9.17, 15) is 9.90 Å². The molecular weight excluding hydrogens is 304 g/mol. The molecule has 1 unspecified atom stereocenters. The number of ether oxygens (including phenoxy) is 1. The largest absolute Gasteiger partial charge is 0.507 e. The molecule has 1 atom stereocenters. The van der Waals surface area contributed by atoms with Gasteiger partial charge < -0.3 is 14.9 Å². The monoisotopic (exact) mass is 336 g/mol. The van der Waals surface area contributed by atoms with Crippen LogP contribution in [0.15, 0.2) is 12.1 Å². The van der Waals surface area contributed by atoms with Gasteiger partial charge in [0.2, 0.25) is 0 Å². The Kier molecular flexibility index (Phi) is 7.74. The molecule has 0 aliphatic heterocycles. The van der Waals surface area contributed by atoms with E-state index in [-0.39, 0.29) is 5.41 Å². The SMILES string of the molecule is CCOC(CCCCCc1cc(C)c(O)c(C(C)(C)C)c1)C(=O)O. The molecule has 1 aromatic carbocycles. The van der Waals surface area contributed by atoms with Gasteiger partial charge in [0.25, 0.3) is 0 Å². The van der Waals surface area contributed by atoms with Crippen molar-refractivity contribution in [3.8, 4) is 5.75 Å². The Morgan fingerprint density at radius 1 is 1.21 bits per heavy atom. The number of carboxylic acids is 1. The Morgan fingerprint density at radius 3 is 2.42 bits per heavy atom. The first-order chi connectivity index (χ1) is 11.2. The topological polar surface area (TPSA) is 66.8 Å². The minimum absolute atomic E-state index is 0.0863. The summed E-state index contributed by atoms with van der Waals surface area (Å²) in [5.74, 6) is -0.479. The lowest BCUT2D eigenvalue weighted by molar-refractivity contribution is -0.150. The van der Waals surface area contributed by atoms with E-state index in [0.29, 0.717) is 18.8 Å². The van der Waals surface area contributed by atoms with E-state index in [1.54, 1.807) is 0 Å². The number of hydrogen-bond acceptors (Lipinski definition) is 3. The van der Waals surface area contributed by atoms with Crippen molar-refractivity contribution < 1.29 is 19.7 Å². The molecule has 0 aliphatic carbocycles. The van der Waals surface area contributed by atoms with Crippen molar-refractivity contribution in [2.75, 3.05) is 6.61 Å². The van der Waals surface area contributed by atoms with Crippen LogP contribution >= 0.6 is 0 Å². The summed E-state index contributed by atoms with van der Waals surface area (Å²) in [5, 5.41) is 19.3. The van der Waals surface area contributed by atoms with Crippen LogP contribution in [-0.4, -0.2) is 28.9 Å². The fourth-order valence-corrected chi connectivity index (χ4v) is 2.89. The Balaban J connectivity index is 2.54. The van der Waals surface area contributed by atoms with Gasteiger partial charge in [-0.2, -0.15) is 0 Å². The summed E-state index contributed by atoms with van der Waals surface area (Å²) in [6.07, 6.45) is 3.65. The molecule has 0 fully saturated rings. The number of benzene rings is 1. The molecule has 1 aromatic rings. The lowest BCUT2D eigenvalue weighted by atomic mass is 9.83. The van der Waals surface area contributed by atoms with Crippen LogP contribution < -0.4 is 0 Å². The van der Waals surface area contributed by atoms with Crippen LogP contribution in [0.4, 0.5) is 0 Å². The normalized spacial score (nSPS) is 13.0. The Morgan fingerprint density at radius 2 is 1.88 bits per heavy atom. The van der Waals surface area contributed by atoms with Gasteiger partial charge in [0, 0.05) is 6.61 Å². The third-order valence-corrected chi connectivity index (χ3v) is 4.24. The van der Waals surface area contributed by atoms with E-state index in [1.165, 1.54) is 5.56 Å². The van der Waals surface area contributed by atoms with Gasteiger partial charge in [-0.15, -0.1) is 0 Å². The highest BCUT2D eigenvalue weighted by Gasteiger charge is 2.20. The molecule has 24 heavy (non-hydrogen) atoms. The fraction of sp³-hybridized carbons (Fsp3) is 0.650. The molecule has 136 valence electrons. The maximum Gasteiger partial charge on any atom is 0.332 e. The first kappa shape index (κ1) is 20.5. The maximum absolute atomic E-state index is 11.0. The Labute approximate surface area is 145 Å². The number of carbonyl (C=O) groups is 1. The van der Waals surface area contributed by atoms with Gasteiger partial charge in [-0.25, -0.2) is 4.79 Å². The molecule has 4 heteroatoms. The maximum atomic E-state index is 11.0. The van der Waals surface area contributed by atoms with E-state index in [1.807, 2.05) is 19.9 Å². The molecule has 0 spiro atoms. The summed E-state index contributed by atoms with van der Waals surface area (Å²) in [6.45, 7) is 10.5. The van der Waals surface area contributed by atoms with Gasteiger partial charge >= 0.3 is 5.97 Å². The lowest BCUT2D eigenvalue weighted by Gasteiger charge is -2.22. The second-order valence-electron chi connectivity index (χ2n) is 7.44. The second kappa shape index (κ2) is 9.07. The number of phenols is 1. The molecule has 0 saturated carbocycles. The van der Waals surface area contributed by atoms with E-state index in [0.717, 1.165) is 36.8 Å². The van der Waals surface area contributed by atoms with Crippen LogP contribution in [-0.2, 0) is 21.4 Å². The number of aryl methyl sites for hydroxylation is 2. The van der Waals surface area contributed by atoms with Crippen molar-refractivity contribution in [2.24, 2.45) is 0 Å². The van der Waals surface area contributed by atoms with Gasteiger partial charge in [-0.05, 0) is 55.2 Å². The zero-order valence-corrected chi connectivity index (χ0v) is 15.7. The van der Waals surface area contributed by atoms with Gasteiger partial charge in [-0.1, -0.05) is 45.7 Å². The molecule has 4 nitrogen and oxygen atoms in total. The van der Waals surface area contributed by atoms with Crippen molar-refractivity contribution >= 4 is 5.97 Å². The second-order valence-corrected chi connectivity index (χ2v) is 7.44. The van der Waals surface area contributed by atoms with E-state index in [2.05, 4.69) is 26.8 Å². The smallest absolute Gasteiger partial charge is 0.332 e. The molecular formula is C20H32O4. The molecule has 0 saturated heterocycles. The molecule has 0 amide bonds. The standard InChI is InChI=1S/C20H32O4/c1-6-24-17(19(22)23)11-9-7-8-10-15-12-14(2)18(21)16(13-15)20(3,4)5/h12-13,17,21H,6-11H2,1-5H3,(H,22,23). The van der Waals surface area contributed by atoms with Gasteiger partial charge in [-0.3, -0.25) is 0 Å². The van der Waals surface area contributed by atoms with Crippen LogP contribution in [0.5, 0.6) is 5.75 Å². The van der Waals surface area contributed by atoms with Gasteiger partial charge in [0.05, 0.1) is 0 Å². The van der Waals surface area contributed by atoms with Crippen molar-refractivity contribution in [1.82, 2.24) is 0 Å². The van der Waals surface area contributed by atoms with Crippen LogP contribution in [0.1, 0.15) is 70.1 Å². The van der Waals surface area contributed by atoms with Crippen molar-refractivity contribution in [3.63, 3.8) is 0 Å². The molecule has 0 radical (unpaired) electrons. The Bertz CT molecular complexity index is 543. The van der Waals surface area contributed by atoms with Crippen LogP contribution in [0.25, 0.3) is 0 Å². The summed E-state index contributed by atoms with van der Waals surface area (Å²) in [4.78, 5) is 11.0. The first-order valence-corrected chi connectivity index (χ1v) is 8.84. The van der Waals surface area contributed by atoms with E-state index < -0.39 is 12.1 Å². The predicted octanol–water partition coefficient (Wildman–Crippen LogP) is 4.59. The van der Waals surface area contributed by atoms with Gasteiger partial charge in [0.1, 0.15) is 5.75 Å². The van der Waals surface area contributed by atoms with Crippen molar-refractivity contribution in [2.45, 2.75) is 78.2 Å². The number of aromatic hydroxyl groups is 1. The van der Waals surface area contributed by atoms with Gasteiger partial charge in [0.15, 0.2) is 6.10 Å². The minimum Gasteiger partial charge on any atom is -0.507 e. The third kappa shape index (κ3) is 6.16. The Hall–Kier alpha value is -1.55. The first-order valence-electron chi connectivity index (χ1n) is 8.84. The molecule has 0 aliphatic rings. The molecule has 0 bridgehead atoms.